The first-order valence-electron chi connectivity index (χ1n) is 14.2. The summed E-state index contributed by atoms with van der Waals surface area (Å²) in [6.45, 7) is -5.18. The van der Waals surface area contributed by atoms with Gasteiger partial charge in [0.15, 0.2) is 28.9 Å². The number of anilines is 2. The molecule has 21 nitrogen and oxygen atoms in total. The molecule has 8 rings (SSSR count). The van der Waals surface area contributed by atoms with Crippen molar-refractivity contribution in [3.63, 3.8) is 0 Å². The number of nitrogens with zero attached hydrogens (tertiary/aromatic N) is 7. The number of aliphatic hydroxyl groups excluding tert-OH is 1. The van der Waals surface area contributed by atoms with Crippen LogP contribution in [0.25, 0.3) is 22.3 Å². The molecule has 11 atom stereocenters. The van der Waals surface area contributed by atoms with E-state index in [0.29, 0.717) is 17.6 Å². The third-order valence-corrected chi connectivity index (χ3v) is 11.8. The molecular weight excluding hydrogens is 686 g/mol. The molecule has 4 aromatic rings. The number of phosphoric ester groups is 1. The number of aliphatic hydroxyl groups is 1. The molecule has 2 aliphatic heterocycles. The molecule has 24 heteroatoms. The predicted molar refractivity (Wildman–Crippen MR) is 161 cm³/mol. The highest BCUT2D eigenvalue weighted by Gasteiger charge is 2.74. The Kier molecular flexibility index (Phi) is 7.15. The molecule has 6 heterocycles. The summed E-state index contributed by atoms with van der Waals surface area (Å²) in [5, 5.41) is 11.6. The smallest absolute Gasteiger partial charge is 0.388 e. The van der Waals surface area contributed by atoms with E-state index in [0.717, 1.165) is 0 Å². The summed E-state index contributed by atoms with van der Waals surface area (Å²) < 4.78 is 64.8. The lowest BCUT2D eigenvalue weighted by Gasteiger charge is -2.30. The maximum absolute atomic E-state index is 13.7. The number of nitrogen functional groups attached to an aromatic ring is 2. The molecule has 252 valence electrons. The summed E-state index contributed by atoms with van der Waals surface area (Å²) in [5.74, 6) is -0.487. The second-order valence-corrected chi connectivity index (χ2v) is 16.0. The molecule has 1 spiro atoms. The van der Waals surface area contributed by atoms with Crippen LogP contribution in [0.3, 0.4) is 0 Å². The second kappa shape index (κ2) is 10.7. The van der Waals surface area contributed by atoms with E-state index in [9.17, 15) is 23.9 Å². The normalized spacial score (nSPS) is 40.4. The molecule has 47 heavy (non-hydrogen) atoms. The van der Waals surface area contributed by atoms with Crippen LogP contribution in [0.2, 0.25) is 0 Å². The number of imidazole rings is 2. The van der Waals surface area contributed by atoms with Crippen LogP contribution in [-0.2, 0) is 36.7 Å². The van der Waals surface area contributed by atoms with Crippen LogP contribution in [0.4, 0.5) is 11.8 Å². The van der Waals surface area contributed by atoms with Gasteiger partial charge in [-0.25, -0.2) is 29.1 Å². The van der Waals surface area contributed by atoms with Crippen LogP contribution < -0.4 is 17.0 Å². The maximum Gasteiger partial charge on any atom is 0.472 e. The zero-order valence-electron chi connectivity index (χ0n) is 24.2. The zero-order chi connectivity index (χ0) is 33.0. The highest BCUT2D eigenvalue weighted by molar-refractivity contribution is 8.44. The van der Waals surface area contributed by atoms with Crippen molar-refractivity contribution in [2.45, 2.75) is 49.2 Å². The molecule has 2 bridgehead atoms. The third kappa shape index (κ3) is 4.93. The summed E-state index contributed by atoms with van der Waals surface area (Å²) in [6.07, 6.45) is -3.17. The van der Waals surface area contributed by atoms with Crippen LogP contribution >= 0.6 is 26.9 Å². The zero-order valence-corrected chi connectivity index (χ0v) is 26.9. The van der Waals surface area contributed by atoms with Gasteiger partial charge in [-0.2, -0.15) is 4.98 Å². The molecular formula is C23H28N10O11P2S. The molecule has 0 aromatic carbocycles. The van der Waals surface area contributed by atoms with Crippen molar-refractivity contribution in [2.75, 3.05) is 31.8 Å². The lowest BCUT2D eigenvalue weighted by Crippen LogP contribution is -2.37. The number of methoxy groups -OCH3 is 1. The molecule has 4 fully saturated rings. The van der Waals surface area contributed by atoms with E-state index in [2.05, 4.69) is 42.2 Å². The molecule has 2 saturated carbocycles. The highest BCUT2D eigenvalue weighted by Crippen LogP contribution is 2.73. The number of phosphoric acid groups is 1. The van der Waals surface area contributed by atoms with Crippen LogP contribution in [0, 0.1) is 11.3 Å². The van der Waals surface area contributed by atoms with Gasteiger partial charge in [0.1, 0.15) is 42.4 Å². The van der Waals surface area contributed by atoms with Crippen molar-refractivity contribution in [3.8, 4) is 0 Å². The number of nitrogens with two attached hydrogens (primary N) is 2. The lowest BCUT2D eigenvalue weighted by molar-refractivity contribution is -0.0600. The number of fused-ring (bicyclic) bond motifs is 4. The fraction of sp³-hybridized carbons (Fsp3) is 0.565. The van der Waals surface area contributed by atoms with Crippen molar-refractivity contribution < 1.29 is 46.7 Å². The van der Waals surface area contributed by atoms with Gasteiger partial charge >= 0.3 is 14.6 Å². The fourth-order valence-corrected chi connectivity index (χ4v) is 9.60. The minimum absolute atomic E-state index is 0.00753. The van der Waals surface area contributed by atoms with Crippen LogP contribution in [0.1, 0.15) is 18.7 Å². The average Bonchev–Trinajstić information content (AvgIpc) is 3.30. The molecule has 4 aliphatic rings. The van der Waals surface area contributed by atoms with E-state index < -0.39 is 87.5 Å². The predicted octanol–water partition coefficient (Wildman–Crippen LogP) is -0.0863. The fourth-order valence-electron chi connectivity index (χ4n) is 7.08. The van der Waals surface area contributed by atoms with Gasteiger partial charge in [0.2, 0.25) is 5.95 Å². The first kappa shape index (κ1) is 31.3. The minimum atomic E-state index is -4.94. The number of thiol groups is 1. The number of hydrogen-bond donors (Lipinski definition) is 6. The van der Waals surface area contributed by atoms with E-state index in [1.54, 1.807) is 4.57 Å². The van der Waals surface area contributed by atoms with Gasteiger partial charge in [-0.3, -0.25) is 32.4 Å². The van der Waals surface area contributed by atoms with Gasteiger partial charge in [0.25, 0.3) is 5.56 Å². The molecule has 0 amide bonds. The number of hydrogen-bond acceptors (Lipinski definition) is 17. The van der Waals surface area contributed by atoms with Crippen molar-refractivity contribution in [2.24, 2.45) is 11.3 Å². The highest BCUT2D eigenvalue weighted by atomic mass is 32.7. The third-order valence-electron chi connectivity index (χ3n) is 9.21. The van der Waals surface area contributed by atoms with Crippen LogP contribution in [0.15, 0.2) is 23.8 Å². The molecule has 7 N–H and O–H groups in total. The first-order valence-corrected chi connectivity index (χ1v) is 18.3. The molecule has 4 aromatic heterocycles. The minimum Gasteiger partial charge on any atom is -0.388 e. The van der Waals surface area contributed by atoms with Crippen molar-refractivity contribution >= 4 is 61.0 Å². The molecule has 2 aliphatic carbocycles. The van der Waals surface area contributed by atoms with Gasteiger partial charge in [-0.05, 0) is 12.3 Å². The Hall–Kier alpha value is -3.01. The Labute approximate surface area is 268 Å². The van der Waals surface area contributed by atoms with E-state index in [1.165, 1.54) is 30.7 Å². The molecule has 2 saturated heterocycles. The maximum atomic E-state index is 13.7. The number of nitrogens with one attached hydrogen (secondary N) is 1. The van der Waals surface area contributed by atoms with E-state index in [4.69, 9.17) is 39.0 Å². The van der Waals surface area contributed by atoms with E-state index in [-0.39, 0.29) is 22.9 Å². The second-order valence-electron chi connectivity index (χ2n) is 11.8. The summed E-state index contributed by atoms with van der Waals surface area (Å²) in [4.78, 5) is 46.5. The van der Waals surface area contributed by atoms with Crippen molar-refractivity contribution in [3.05, 3.63) is 29.3 Å². The Morgan fingerprint density at radius 1 is 1.11 bits per heavy atom. The number of rotatable bonds is 3. The van der Waals surface area contributed by atoms with E-state index in [1.807, 2.05) is 0 Å². The summed E-state index contributed by atoms with van der Waals surface area (Å²) in [5.41, 5.74) is 10.5. The lowest BCUT2D eigenvalue weighted by atomic mass is 10.0. The Morgan fingerprint density at radius 3 is 2.66 bits per heavy atom. The average molecular weight is 715 g/mol. The first-order chi connectivity index (χ1) is 22.3. The Balaban J connectivity index is 1.15. The van der Waals surface area contributed by atoms with Crippen LogP contribution in [-0.4, -0.2) is 99.9 Å². The van der Waals surface area contributed by atoms with Gasteiger partial charge < -0.3 is 35.5 Å². The largest absolute Gasteiger partial charge is 0.472 e. The molecule has 0 radical (unpaired) electrons. The van der Waals surface area contributed by atoms with Gasteiger partial charge in [-0.15, -0.1) is 0 Å². The number of H-pyrrole nitrogens is 1. The van der Waals surface area contributed by atoms with Gasteiger partial charge in [-0.1, -0.05) is 12.2 Å². The van der Waals surface area contributed by atoms with Gasteiger partial charge in [0, 0.05) is 12.5 Å². The SMILES string of the molecule is CO[C@H]1[C@H]2OP(=O)(O)OCC34C[C@@H]3[C@@H](n3cnc5c(N)ncnc53)[C@H](O)[C@@H]4O[P@@](=O)(S)OC[C@H]1O[C@H]2n1cnc2c(=O)[nH]c(N)nc21. The topological polar surface area (TPSA) is 289 Å². The molecule has 2 unspecified atom stereocenters. The Bertz CT molecular complexity index is 2060. The summed E-state index contributed by atoms with van der Waals surface area (Å²) >= 11 is 4.19. The Morgan fingerprint density at radius 2 is 1.87 bits per heavy atom. The summed E-state index contributed by atoms with van der Waals surface area (Å²) in [7, 11) is -3.64. The van der Waals surface area contributed by atoms with E-state index >= 15 is 0 Å². The van der Waals surface area contributed by atoms with Gasteiger partial charge in [0.05, 0.1) is 31.9 Å². The number of aromatic amines is 1. The van der Waals surface area contributed by atoms with Crippen LogP contribution in [0.5, 0.6) is 0 Å². The standard InChI is InChI=1S/C23H28N10O11P2S/c1-39-14-9-3-40-46(38,47)44-16-13(34)12(32-6-28-10-17(24)26-5-27-18(10)32)8-2-23(8,16)4-41-45(36,37)43-15(14)21(42-9)33-7-29-11-19(33)30-22(25)31-20(11)35/h5-9,12-16,21,34H,2-4H2,1H3,(H,36,37)(H,38,47)(H2,24,26,27)(H3,25,30,31,35)/t8-,9-,12-,13+,14-,15-,16+,21-,23?,46+/m1/s1. The van der Waals surface area contributed by atoms with Crippen molar-refractivity contribution in [1.29, 1.82) is 0 Å². The number of ether oxygens (including phenoxy) is 2. The summed E-state index contributed by atoms with van der Waals surface area (Å²) in [6, 6.07) is -0.734. The van der Waals surface area contributed by atoms with Crippen molar-refractivity contribution in [1.82, 2.24) is 39.0 Å². The number of aromatic nitrogens is 8. The monoisotopic (exact) mass is 714 g/mol. The quantitative estimate of drug-likeness (QED) is 0.119.